The Morgan fingerprint density at radius 2 is 1.10 bits per heavy atom. The average molecular weight is 408 g/mol. The van der Waals surface area contributed by atoms with Gasteiger partial charge in [-0.25, -0.2) is 9.59 Å². The van der Waals surface area contributed by atoms with Crippen molar-refractivity contribution in [1.29, 1.82) is 0 Å². The summed E-state index contributed by atoms with van der Waals surface area (Å²) >= 11 is 0. The van der Waals surface area contributed by atoms with Crippen molar-refractivity contribution in [3.05, 3.63) is 96.1 Å². The van der Waals surface area contributed by atoms with Gasteiger partial charge in [-0.15, -0.1) is 0 Å². The van der Waals surface area contributed by atoms with Crippen molar-refractivity contribution in [1.82, 2.24) is 0 Å². The fourth-order valence-electron chi connectivity index (χ4n) is 2.33. The van der Waals surface area contributed by atoms with Crippen LogP contribution in [0.5, 0.6) is 11.5 Å². The molecule has 0 bridgehead atoms. The Balaban J connectivity index is 0.000000469. The number of ether oxygens (including phenoxy) is 2. The molecular formula is C24H24O6. The summed E-state index contributed by atoms with van der Waals surface area (Å²) in [7, 11) is 0. The summed E-state index contributed by atoms with van der Waals surface area (Å²) in [5.74, 6) is -0.397. The minimum atomic E-state index is -0.609. The predicted molar refractivity (Wildman–Crippen MR) is 113 cm³/mol. The molecule has 156 valence electrons. The highest BCUT2D eigenvalue weighted by Crippen LogP contribution is 2.17. The summed E-state index contributed by atoms with van der Waals surface area (Å²) in [4.78, 5) is 24.7. The number of benzene rings is 3. The molecule has 30 heavy (non-hydrogen) atoms. The molecule has 3 rings (SSSR count). The van der Waals surface area contributed by atoms with E-state index in [4.69, 9.17) is 19.7 Å². The first-order valence-electron chi connectivity index (χ1n) is 9.43. The number of aliphatic hydroxyl groups excluding tert-OH is 2. The lowest BCUT2D eigenvalue weighted by atomic mass is 10.1. The Morgan fingerprint density at radius 1 is 0.733 bits per heavy atom. The van der Waals surface area contributed by atoms with Gasteiger partial charge in [-0.2, -0.15) is 0 Å². The first-order valence-corrected chi connectivity index (χ1v) is 9.43. The van der Waals surface area contributed by atoms with Crippen molar-refractivity contribution < 1.29 is 29.3 Å². The van der Waals surface area contributed by atoms with Crippen LogP contribution < -0.4 is 9.47 Å². The Labute approximate surface area is 175 Å². The van der Waals surface area contributed by atoms with Gasteiger partial charge >= 0.3 is 11.9 Å². The quantitative estimate of drug-likeness (QED) is 0.475. The lowest BCUT2D eigenvalue weighted by molar-refractivity contribution is 0.0692. The molecule has 2 N–H and O–H groups in total. The standard InChI is InChI=1S/C20H14O4.C4H10O2/c21-19(23-15-9-3-1-4-10-15)17-13-7-8-14-18(17)20(22)24-16-11-5-2-6-12-16;1-4(6)2-3-5/h1-14H;4-6H,2-3H2,1H3. The molecule has 0 spiro atoms. The molecule has 0 radical (unpaired) electrons. The summed E-state index contributed by atoms with van der Waals surface area (Å²) < 4.78 is 10.6. The molecule has 3 aromatic rings. The third kappa shape index (κ3) is 7.50. The van der Waals surface area contributed by atoms with Crippen LogP contribution in [-0.2, 0) is 0 Å². The second-order valence-corrected chi connectivity index (χ2v) is 6.31. The van der Waals surface area contributed by atoms with Crippen LogP contribution in [0.1, 0.15) is 34.1 Å². The van der Waals surface area contributed by atoms with Crippen molar-refractivity contribution in [3.8, 4) is 11.5 Å². The van der Waals surface area contributed by atoms with Crippen molar-refractivity contribution in [2.45, 2.75) is 19.4 Å². The molecule has 1 atom stereocenters. The van der Waals surface area contributed by atoms with Crippen LogP contribution in [-0.4, -0.2) is 34.9 Å². The molecule has 0 aliphatic carbocycles. The summed E-state index contributed by atoms with van der Waals surface area (Å²) in [6.45, 7) is 1.73. The van der Waals surface area contributed by atoms with Gasteiger partial charge in [0, 0.05) is 6.61 Å². The Kier molecular flexibility index (Phi) is 9.24. The van der Waals surface area contributed by atoms with Crippen molar-refractivity contribution in [2.75, 3.05) is 6.61 Å². The highest BCUT2D eigenvalue weighted by molar-refractivity contribution is 6.04. The molecule has 0 aliphatic rings. The van der Waals surface area contributed by atoms with Gasteiger partial charge in [0.1, 0.15) is 11.5 Å². The first kappa shape index (κ1) is 22.8. The van der Waals surface area contributed by atoms with Gasteiger partial charge in [-0.3, -0.25) is 0 Å². The molecule has 0 aliphatic heterocycles. The topological polar surface area (TPSA) is 93.1 Å². The summed E-state index contributed by atoms with van der Waals surface area (Å²) in [6.07, 6.45) is 0.134. The van der Waals surface area contributed by atoms with Crippen LogP contribution >= 0.6 is 0 Å². The van der Waals surface area contributed by atoms with Crippen LogP contribution in [0.4, 0.5) is 0 Å². The fourth-order valence-corrected chi connectivity index (χ4v) is 2.33. The van der Waals surface area contributed by atoms with Crippen LogP contribution in [0.15, 0.2) is 84.9 Å². The normalized spacial score (nSPS) is 10.9. The fraction of sp³-hybridized carbons (Fsp3) is 0.167. The third-order valence-electron chi connectivity index (χ3n) is 3.82. The molecule has 0 heterocycles. The largest absolute Gasteiger partial charge is 0.423 e. The lowest BCUT2D eigenvalue weighted by Gasteiger charge is -2.09. The summed E-state index contributed by atoms with van der Waals surface area (Å²) in [5, 5.41) is 16.5. The molecule has 0 amide bonds. The second kappa shape index (κ2) is 12.2. The number of carbonyl (C=O) groups is 2. The number of esters is 2. The molecule has 1 unspecified atom stereocenters. The zero-order valence-electron chi connectivity index (χ0n) is 16.6. The minimum absolute atomic E-state index is 0.0810. The smallest absolute Gasteiger partial charge is 0.344 e. The van der Waals surface area contributed by atoms with Gasteiger partial charge in [0.2, 0.25) is 0 Å². The van der Waals surface area contributed by atoms with E-state index in [9.17, 15) is 9.59 Å². The van der Waals surface area contributed by atoms with E-state index in [1.165, 1.54) is 12.1 Å². The van der Waals surface area contributed by atoms with E-state index in [1.807, 2.05) is 12.1 Å². The van der Waals surface area contributed by atoms with E-state index in [1.54, 1.807) is 67.6 Å². The number of hydrogen-bond acceptors (Lipinski definition) is 6. The molecule has 6 nitrogen and oxygen atoms in total. The Bertz CT molecular complexity index is 850. The molecule has 3 aromatic carbocycles. The lowest BCUT2D eigenvalue weighted by Crippen LogP contribution is -2.17. The molecular weight excluding hydrogens is 384 g/mol. The van der Waals surface area contributed by atoms with E-state index in [-0.39, 0.29) is 23.8 Å². The number of hydrogen-bond donors (Lipinski definition) is 2. The predicted octanol–water partition coefficient (Wildman–Crippen LogP) is 3.87. The second-order valence-electron chi connectivity index (χ2n) is 6.31. The maximum absolute atomic E-state index is 12.4. The van der Waals surface area contributed by atoms with E-state index in [2.05, 4.69) is 0 Å². The molecule has 0 saturated carbocycles. The van der Waals surface area contributed by atoms with Gasteiger partial charge in [0.25, 0.3) is 0 Å². The Morgan fingerprint density at radius 3 is 1.40 bits per heavy atom. The van der Waals surface area contributed by atoms with Crippen LogP contribution in [0.25, 0.3) is 0 Å². The van der Waals surface area contributed by atoms with E-state index in [0.717, 1.165) is 0 Å². The maximum Gasteiger partial charge on any atom is 0.344 e. The zero-order valence-corrected chi connectivity index (χ0v) is 16.6. The maximum atomic E-state index is 12.4. The van der Waals surface area contributed by atoms with Gasteiger partial charge in [0.15, 0.2) is 0 Å². The average Bonchev–Trinajstić information content (AvgIpc) is 2.75. The summed E-state index contributed by atoms with van der Waals surface area (Å²) in [6, 6.07) is 23.8. The van der Waals surface area contributed by atoms with Gasteiger partial charge in [-0.05, 0) is 49.7 Å². The van der Waals surface area contributed by atoms with Gasteiger partial charge in [-0.1, -0.05) is 48.5 Å². The number of carbonyl (C=O) groups excluding carboxylic acids is 2. The van der Waals surface area contributed by atoms with Crippen LogP contribution in [0, 0.1) is 0 Å². The van der Waals surface area contributed by atoms with E-state index >= 15 is 0 Å². The van der Waals surface area contributed by atoms with E-state index < -0.39 is 11.9 Å². The first-order chi connectivity index (χ1) is 14.5. The van der Waals surface area contributed by atoms with Gasteiger partial charge < -0.3 is 19.7 Å². The summed E-state index contributed by atoms with van der Waals surface area (Å²) in [5.41, 5.74) is 0.310. The molecule has 0 fully saturated rings. The molecule has 0 saturated heterocycles. The van der Waals surface area contributed by atoms with E-state index in [0.29, 0.717) is 17.9 Å². The Hall–Kier alpha value is -3.48. The third-order valence-corrected chi connectivity index (χ3v) is 3.82. The molecule has 6 heteroatoms. The SMILES string of the molecule is CC(O)CCO.O=C(Oc1ccccc1)c1ccccc1C(=O)Oc1ccccc1. The van der Waals surface area contributed by atoms with Crippen LogP contribution in [0.3, 0.4) is 0 Å². The van der Waals surface area contributed by atoms with Crippen molar-refractivity contribution in [2.24, 2.45) is 0 Å². The van der Waals surface area contributed by atoms with Crippen LogP contribution in [0.2, 0.25) is 0 Å². The highest BCUT2D eigenvalue weighted by atomic mass is 16.5. The number of para-hydroxylation sites is 2. The van der Waals surface area contributed by atoms with Crippen molar-refractivity contribution in [3.63, 3.8) is 0 Å². The highest BCUT2D eigenvalue weighted by Gasteiger charge is 2.20. The number of aliphatic hydroxyl groups is 2. The van der Waals surface area contributed by atoms with Gasteiger partial charge in [0.05, 0.1) is 17.2 Å². The zero-order chi connectivity index (χ0) is 21.8. The molecule has 0 aromatic heterocycles. The number of rotatable bonds is 6. The minimum Gasteiger partial charge on any atom is -0.423 e. The van der Waals surface area contributed by atoms with Crippen molar-refractivity contribution >= 4 is 11.9 Å². The monoisotopic (exact) mass is 408 g/mol.